The molecule has 6 heteroatoms. The standard InChI is InChI=1S/C19H16F2N4/c1-2-11-22-16-12-17(23-18-14(20)9-6-10-15(18)21)25-19(24-16)13-7-4-3-5-8-13/h2-10,12H,1,11H2,(H2,22,23,24,25). The summed E-state index contributed by atoms with van der Waals surface area (Å²) in [5.74, 6) is -0.146. The smallest absolute Gasteiger partial charge is 0.163 e. The van der Waals surface area contributed by atoms with Crippen molar-refractivity contribution in [3.63, 3.8) is 0 Å². The van der Waals surface area contributed by atoms with E-state index in [9.17, 15) is 8.78 Å². The average molecular weight is 338 g/mol. The van der Waals surface area contributed by atoms with Gasteiger partial charge < -0.3 is 10.6 Å². The van der Waals surface area contributed by atoms with Crippen LogP contribution in [0.5, 0.6) is 0 Å². The number of nitrogens with zero attached hydrogens (tertiary/aromatic N) is 2. The van der Waals surface area contributed by atoms with Gasteiger partial charge in [0.05, 0.1) is 0 Å². The van der Waals surface area contributed by atoms with E-state index in [0.29, 0.717) is 18.2 Å². The Bertz CT molecular complexity index is 862. The van der Waals surface area contributed by atoms with Gasteiger partial charge in [-0.2, -0.15) is 0 Å². The van der Waals surface area contributed by atoms with E-state index in [1.807, 2.05) is 30.3 Å². The number of para-hydroxylation sites is 1. The molecule has 0 fully saturated rings. The van der Waals surface area contributed by atoms with Crippen LogP contribution in [-0.2, 0) is 0 Å². The summed E-state index contributed by atoms with van der Waals surface area (Å²) in [4.78, 5) is 8.80. The van der Waals surface area contributed by atoms with E-state index in [0.717, 1.165) is 5.56 Å². The molecule has 4 nitrogen and oxygen atoms in total. The summed E-state index contributed by atoms with van der Waals surface area (Å²) < 4.78 is 27.8. The zero-order valence-corrected chi connectivity index (χ0v) is 13.3. The van der Waals surface area contributed by atoms with Crippen molar-refractivity contribution in [1.29, 1.82) is 0 Å². The van der Waals surface area contributed by atoms with Crippen molar-refractivity contribution < 1.29 is 8.78 Å². The van der Waals surface area contributed by atoms with Crippen molar-refractivity contribution >= 4 is 17.3 Å². The van der Waals surface area contributed by atoms with Crippen LogP contribution in [0, 0.1) is 11.6 Å². The van der Waals surface area contributed by atoms with Gasteiger partial charge in [0.25, 0.3) is 0 Å². The van der Waals surface area contributed by atoms with Crippen LogP contribution >= 0.6 is 0 Å². The van der Waals surface area contributed by atoms with Gasteiger partial charge in [-0.05, 0) is 12.1 Å². The van der Waals surface area contributed by atoms with E-state index in [4.69, 9.17) is 0 Å². The number of anilines is 3. The Morgan fingerprint density at radius 2 is 1.60 bits per heavy atom. The predicted molar refractivity (Wildman–Crippen MR) is 95.8 cm³/mol. The number of hydrogen-bond acceptors (Lipinski definition) is 4. The summed E-state index contributed by atoms with van der Waals surface area (Å²) >= 11 is 0. The highest BCUT2D eigenvalue weighted by molar-refractivity contribution is 5.65. The molecule has 1 aromatic heterocycles. The van der Waals surface area contributed by atoms with Crippen LogP contribution in [0.2, 0.25) is 0 Å². The minimum atomic E-state index is -0.694. The molecule has 0 radical (unpaired) electrons. The Hall–Kier alpha value is -3.28. The first-order valence-corrected chi connectivity index (χ1v) is 7.67. The lowest BCUT2D eigenvalue weighted by Crippen LogP contribution is -2.06. The summed E-state index contributed by atoms with van der Waals surface area (Å²) in [6.07, 6.45) is 1.69. The Labute approximate surface area is 144 Å². The third-order valence-electron chi connectivity index (χ3n) is 3.40. The second-order valence-electron chi connectivity index (χ2n) is 5.22. The lowest BCUT2D eigenvalue weighted by atomic mass is 10.2. The van der Waals surface area contributed by atoms with Gasteiger partial charge in [-0.1, -0.05) is 42.5 Å². The molecular weight excluding hydrogens is 322 g/mol. The Morgan fingerprint density at radius 3 is 2.28 bits per heavy atom. The molecule has 1 heterocycles. The Morgan fingerprint density at radius 1 is 0.920 bits per heavy atom. The molecule has 126 valence electrons. The minimum absolute atomic E-state index is 0.255. The van der Waals surface area contributed by atoms with Crippen molar-refractivity contribution in [2.45, 2.75) is 0 Å². The first-order chi connectivity index (χ1) is 12.2. The van der Waals surface area contributed by atoms with E-state index in [1.165, 1.54) is 18.2 Å². The lowest BCUT2D eigenvalue weighted by Gasteiger charge is -2.12. The number of aromatic nitrogens is 2. The van der Waals surface area contributed by atoms with E-state index >= 15 is 0 Å². The van der Waals surface area contributed by atoms with Crippen LogP contribution in [0.15, 0.2) is 67.3 Å². The van der Waals surface area contributed by atoms with Crippen molar-refractivity contribution in [2.24, 2.45) is 0 Å². The summed E-state index contributed by atoms with van der Waals surface area (Å²) in [6, 6.07) is 14.6. The Balaban J connectivity index is 2.01. The maximum absolute atomic E-state index is 13.9. The molecule has 0 atom stereocenters. The molecule has 0 unspecified atom stereocenters. The quantitative estimate of drug-likeness (QED) is 0.636. The highest BCUT2D eigenvalue weighted by Crippen LogP contribution is 2.25. The second-order valence-corrected chi connectivity index (χ2v) is 5.22. The van der Waals surface area contributed by atoms with Gasteiger partial charge in [-0.25, -0.2) is 18.7 Å². The summed E-state index contributed by atoms with van der Waals surface area (Å²) in [7, 11) is 0. The van der Waals surface area contributed by atoms with Gasteiger partial charge in [0, 0.05) is 18.2 Å². The normalized spacial score (nSPS) is 10.3. The van der Waals surface area contributed by atoms with Gasteiger partial charge in [0.1, 0.15) is 29.0 Å². The first kappa shape index (κ1) is 16.6. The zero-order chi connectivity index (χ0) is 17.6. The van der Waals surface area contributed by atoms with E-state index < -0.39 is 11.6 Å². The number of rotatable bonds is 6. The Kier molecular flexibility index (Phi) is 4.99. The van der Waals surface area contributed by atoms with E-state index in [2.05, 4.69) is 27.2 Å². The molecule has 0 spiro atoms. The average Bonchev–Trinajstić information content (AvgIpc) is 2.64. The van der Waals surface area contributed by atoms with Crippen LogP contribution in [0.3, 0.4) is 0 Å². The molecule has 2 N–H and O–H groups in total. The lowest BCUT2D eigenvalue weighted by molar-refractivity contribution is 0.590. The fourth-order valence-corrected chi connectivity index (χ4v) is 2.24. The van der Waals surface area contributed by atoms with E-state index in [-0.39, 0.29) is 11.5 Å². The monoisotopic (exact) mass is 338 g/mol. The van der Waals surface area contributed by atoms with Crippen LogP contribution in [0.1, 0.15) is 0 Å². The van der Waals surface area contributed by atoms with Gasteiger partial charge in [0.2, 0.25) is 0 Å². The number of halogens is 2. The number of hydrogen-bond donors (Lipinski definition) is 2. The van der Waals surface area contributed by atoms with Crippen molar-refractivity contribution in [3.05, 3.63) is 78.9 Å². The molecule has 0 amide bonds. The van der Waals surface area contributed by atoms with E-state index in [1.54, 1.807) is 12.1 Å². The van der Waals surface area contributed by atoms with Crippen LogP contribution in [0.4, 0.5) is 26.1 Å². The third kappa shape index (κ3) is 3.98. The molecular formula is C19H16F2N4. The van der Waals surface area contributed by atoms with Gasteiger partial charge in [0.15, 0.2) is 5.82 Å². The highest BCUT2D eigenvalue weighted by atomic mass is 19.1. The van der Waals surface area contributed by atoms with Crippen LogP contribution in [-0.4, -0.2) is 16.5 Å². The summed E-state index contributed by atoms with van der Waals surface area (Å²) in [5, 5.41) is 5.76. The maximum Gasteiger partial charge on any atom is 0.163 e. The van der Waals surface area contributed by atoms with Crippen molar-refractivity contribution in [3.8, 4) is 11.4 Å². The number of benzene rings is 2. The second kappa shape index (κ2) is 7.53. The molecule has 3 aromatic rings. The fraction of sp³-hybridized carbons (Fsp3) is 0.0526. The van der Waals surface area contributed by atoms with Crippen molar-refractivity contribution in [1.82, 2.24) is 9.97 Å². The summed E-state index contributed by atoms with van der Waals surface area (Å²) in [6.45, 7) is 4.15. The largest absolute Gasteiger partial charge is 0.366 e. The molecule has 25 heavy (non-hydrogen) atoms. The molecule has 2 aromatic carbocycles. The molecule has 0 saturated heterocycles. The summed E-state index contributed by atoms with van der Waals surface area (Å²) in [5.41, 5.74) is 0.539. The molecule has 0 aliphatic carbocycles. The number of nitrogens with one attached hydrogen (secondary N) is 2. The van der Waals surface area contributed by atoms with Crippen LogP contribution in [0.25, 0.3) is 11.4 Å². The van der Waals surface area contributed by atoms with Gasteiger partial charge in [-0.3, -0.25) is 0 Å². The van der Waals surface area contributed by atoms with Crippen LogP contribution < -0.4 is 10.6 Å². The highest BCUT2D eigenvalue weighted by Gasteiger charge is 2.12. The molecule has 0 bridgehead atoms. The fourth-order valence-electron chi connectivity index (χ4n) is 2.24. The first-order valence-electron chi connectivity index (χ1n) is 7.67. The zero-order valence-electron chi connectivity index (χ0n) is 13.3. The molecule has 0 aliphatic rings. The van der Waals surface area contributed by atoms with Crippen molar-refractivity contribution in [2.75, 3.05) is 17.2 Å². The predicted octanol–water partition coefficient (Wildman–Crippen LogP) is 4.76. The van der Waals surface area contributed by atoms with Gasteiger partial charge >= 0.3 is 0 Å². The van der Waals surface area contributed by atoms with Gasteiger partial charge in [-0.15, -0.1) is 6.58 Å². The maximum atomic E-state index is 13.9. The molecule has 3 rings (SSSR count). The SMILES string of the molecule is C=CCNc1cc(Nc2c(F)cccc2F)nc(-c2ccccc2)n1. The molecule has 0 saturated carbocycles. The third-order valence-corrected chi connectivity index (χ3v) is 3.40. The minimum Gasteiger partial charge on any atom is -0.366 e. The topological polar surface area (TPSA) is 49.8 Å². The molecule has 0 aliphatic heterocycles.